The first-order valence-electron chi connectivity index (χ1n) is 23.8. The number of hydrogen-bond acceptors (Lipinski definition) is 18. The van der Waals surface area contributed by atoms with E-state index in [0.717, 1.165) is 38.2 Å². The summed E-state index contributed by atoms with van der Waals surface area (Å²) in [7, 11) is 0. The Kier molecular flexibility index (Phi) is 23.0. The zero-order chi connectivity index (χ0) is 58.3. The van der Waals surface area contributed by atoms with Gasteiger partial charge in [0.2, 0.25) is 0 Å². The van der Waals surface area contributed by atoms with Crippen LogP contribution in [0.2, 0.25) is 0 Å². The van der Waals surface area contributed by atoms with Crippen molar-refractivity contribution in [1.82, 2.24) is 28.8 Å². The first kappa shape index (κ1) is 65.0. The van der Waals surface area contributed by atoms with E-state index in [1.807, 2.05) is 67.8 Å². The van der Waals surface area contributed by atoms with E-state index in [4.69, 9.17) is 24.1 Å². The van der Waals surface area contributed by atoms with Gasteiger partial charge in [-0.1, -0.05) is 31.7 Å². The maximum Gasteiger partial charge on any atom is 0.336 e. The van der Waals surface area contributed by atoms with E-state index in [1.54, 1.807) is 50.2 Å². The topological polar surface area (TPSA) is 226 Å². The van der Waals surface area contributed by atoms with Crippen molar-refractivity contribution < 1.29 is 75.0 Å². The number of carboxylic acids is 1. The second-order valence-electron chi connectivity index (χ2n) is 18.2. The normalized spacial score (nSPS) is 14.0. The quantitative estimate of drug-likeness (QED) is 0.0412. The van der Waals surface area contributed by atoms with Gasteiger partial charge in [0.15, 0.2) is 34.8 Å². The number of ketones is 2. The van der Waals surface area contributed by atoms with Gasteiger partial charge in [0, 0.05) is 57.8 Å². The summed E-state index contributed by atoms with van der Waals surface area (Å²) >= 11 is 8.78. The third-order valence-electron chi connectivity index (χ3n) is 12.1. The van der Waals surface area contributed by atoms with Crippen molar-refractivity contribution >= 4 is 163 Å². The Morgan fingerprint density at radius 3 is 1.37 bits per heavy atom. The number of rotatable bonds is 18. The van der Waals surface area contributed by atoms with Gasteiger partial charge in [-0.3, -0.25) is 9.59 Å². The van der Waals surface area contributed by atoms with Gasteiger partial charge in [-0.2, -0.15) is 0 Å². The lowest BCUT2D eigenvalue weighted by molar-refractivity contribution is -0.144. The number of benzene rings is 6. The Morgan fingerprint density at radius 1 is 0.634 bits per heavy atom. The molecular weight excluding hydrogens is 1510 g/mol. The highest BCUT2D eigenvalue weighted by molar-refractivity contribution is 14.1. The van der Waals surface area contributed by atoms with E-state index in [-0.39, 0.29) is 124 Å². The third-order valence-corrected chi connectivity index (χ3v) is 16.1. The number of nitrogens with zero attached hydrogens (tertiary/aromatic N) is 6. The average Bonchev–Trinajstić information content (AvgIpc) is 3.62. The van der Waals surface area contributed by atoms with Gasteiger partial charge in [-0.25, -0.2) is 31.1 Å². The monoisotopic (exact) mass is 1550 g/mol. The standard InChI is InChI=1S/C21H19F2IN2O4S.C18H15F2IN2O4S.C14H7F2IN2O2S.ClH/c1-21(2)29-9-13(30-21)8-28-10-17(27)14-7-18-20(25-26-31-18)19(23)15(14)5-11-3-4-12(24)6-16(11)22;19-14-4-10(21)2-1-9(14)3-13-12(15(26)8-27-7-11(25)6-24)5-16-18(17(13)20)22-23-28-16;15-10-4-7(17)2-1-6(10)3-8-9(14(20)21)5-11-13(12(8)16)18-19-22-11;/h3-4,6-7,13H,5,8-10H2,1-2H3;1-2,4-5,11,24-25H,3,6-8H2;1-2,4-5H,3H2,(H,20,21);1H. The minimum atomic E-state index is -1.27. The number of hydrogen-bond donors (Lipinski definition) is 3. The first-order valence-corrected chi connectivity index (χ1v) is 29.3. The van der Waals surface area contributed by atoms with E-state index in [0.29, 0.717) is 27.8 Å². The number of aliphatic hydroxyl groups excluding tert-OH is 2. The molecule has 1 aliphatic heterocycles. The van der Waals surface area contributed by atoms with E-state index in [1.165, 1.54) is 36.4 Å². The predicted molar refractivity (Wildman–Crippen MR) is 320 cm³/mol. The van der Waals surface area contributed by atoms with Gasteiger partial charge >= 0.3 is 5.97 Å². The maximum absolute atomic E-state index is 15.2. The van der Waals surface area contributed by atoms with Gasteiger partial charge in [0.25, 0.3) is 0 Å². The van der Waals surface area contributed by atoms with Crippen LogP contribution in [0.4, 0.5) is 26.3 Å². The van der Waals surface area contributed by atoms with Crippen molar-refractivity contribution in [3.8, 4) is 0 Å². The fourth-order valence-corrected chi connectivity index (χ4v) is 11.3. The average molecular weight is 1550 g/mol. The molecule has 0 bridgehead atoms. The second kappa shape index (κ2) is 29.0. The van der Waals surface area contributed by atoms with Crippen LogP contribution in [-0.4, -0.2) is 119 Å². The van der Waals surface area contributed by atoms with Crippen LogP contribution in [0.1, 0.15) is 78.3 Å². The molecule has 1 saturated heterocycles. The summed E-state index contributed by atoms with van der Waals surface area (Å²) in [5.41, 5.74) is 0.851. The fourth-order valence-electron chi connectivity index (χ4n) is 8.17. The summed E-state index contributed by atoms with van der Waals surface area (Å²) in [6.45, 7) is 2.71. The van der Waals surface area contributed by atoms with Crippen molar-refractivity contribution in [2.45, 2.75) is 51.1 Å². The number of aromatic nitrogens is 6. The van der Waals surface area contributed by atoms with Crippen LogP contribution in [0.15, 0.2) is 72.8 Å². The van der Waals surface area contributed by atoms with E-state index in [2.05, 4.69) is 28.8 Å². The van der Waals surface area contributed by atoms with E-state index in [9.17, 15) is 42.2 Å². The Morgan fingerprint density at radius 2 is 1.01 bits per heavy atom. The Bertz CT molecular complexity index is 3830. The Labute approximate surface area is 521 Å². The number of Topliss-reactive ketones (excluding diaryl/α,β-unsaturated/α-hetero) is 2. The smallest absolute Gasteiger partial charge is 0.336 e. The molecule has 82 heavy (non-hydrogen) atoms. The maximum atomic E-state index is 15.2. The highest BCUT2D eigenvalue weighted by Gasteiger charge is 2.33. The molecule has 432 valence electrons. The van der Waals surface area contributed by atoms with Gasteiger partial charge < -0.3 is 34.3 Å². The summed E-state index contributed by atoms with van der Waals surface area (Å²) in [4.78, 5) is 36.9. The molecule has 3 N–H and O–H groups in total. The zero-order valence-electron chi connectivity index (χ0n) is 42.4. The molecule has 0 saturated carbocycles. The molecule has 0 amide bonds. The lowest BCUT2D eigenvalue weighted by Gasteiger charge is -2.17. The molecule has 0 radical (unpaired) electrons. The number of carbonyl (C=O) groups excluding carboxylic acids is 2. The molecule has 2 atom stereocenters. The summed E-state index contributed by atoms with van der Waals surface area (Å²) in [5.74, 6) is -6.49. The highest BCUT2D eigenvalue weighted by atomic mass is 127. The molecule has 29 heteroatoms. The molecule has 0 aliphatic carbocycles. The van der Waals surface area contributed by atoms with Gasteiger partial charge in [0.1, 0.15) is 59.4 Å². The van der Waals surface area contributed by atoms with Crippen LogP contribution in [0, 0.1) is 45.6 Å². The lowest BCUT2D eigenvalue weighted by Crippen LogP contribution is -2.25. The third kappa shape index (κ3) is 16.0. The molecule has 10 rings (SSSR count). The largest absolute Gasteiger partial charge is 0.478 e. The number of ether oxygens (including phenoxy) is 4. The van der Waals surface area contributed by atoms with E-state index >= 15 is 8.78 Å². The molecule has 16 nitrogen and oxygen atoms in total. The fraction of sp³-hybridized carbons (Fsp3) is 0.264. The summed E-state index contributed by atoms with van der Waals surface area (Å²) in [6, 6.07) is 18.1. The van der Waals surface area contributed by atoms with Crippen LogP contribution < -0.4 is 0 Å². The minimum absolute atomic E-state index is 0. The Balaban J connectivity index is 0.000000178. The molecule has 4 heterocycles. The van der Waals surface area contributed by atoms with Crippen LogP contribution >= 0.6 is 115 Å². The van der Waals surface area contributed by atoms with Crippen molar-refractivity contribution in [3.05, 3.63) is 168 Å². The number of fused-ring (bicyclic) bond motifs is 3. The SMILES string of the molecule is CC1(C)OCC(COCC(=O)c2cc3snnc3c(F)c2Cc2ccc(I)cc2F)O1.Cl.O=C(COCC(O)CO)c1cc2snnc2c(F)c1Cc1ccc(I)cc1F.O=C(O)c1cc2snnc2c(F)c1Cc1ccc(I)cc1F. The van der Waals surface area contributed by atoms with Crippen molar-refractivity contribution in [3.63, 3.8) is 0 Å². The van der Waals surface area contributed by atoms with Crippen molar-refractivity contribution in [2.75, 3.05) is 39.6 Å². The minimum Gasteiger partial charge on any atom is -0.478 e. The molecular formula is C53H42ClF6I3N6O10S3. The number of halogens is 10. The zero-order valence-corrected chi connectivity index (χ0v) is 52.1. The number of carbonyl (C=O) groups is 3. The van der Waals surface area contributed by atoms with Crippen LogP contribution in [-0.2, 0) is 38.2 Å². The van der Waals surface area contributed by atoms with Crippen molar-refractivity contribution in [2.24, 2.45) is 0 Å². The van der Waals surface area contributed by atoms with Gasteiger partial charge in [-0.15, -0.1) is 27.7 Å². The molecule has 3 aromatic heterocycles. The van der Waals surface area contributed by atoms with E-state index < -0.39 is 77.5 Å². The van der Waals surface area contributed by atoms with Gasteiger partial charge in [0.05, 0.1) is 46.1 Å². The van der Waals surface area contributed by atoms with Crippen molar-refractivity contribution in [1.29, 1.82) is 0 Å². The number of carboxylic acid groups (broad SMARTS) is 1. The summed E-state index contributed by atoms with van der Waals surface area (Å²) < 4.78 is 124. The van der Waals surface area contributed by atoms with Crippen LogP contribution in [0.25, 0.3) is 30.6 Å². The van der Waals surface area contributed by atoms with Crippen LogP contribution in [0.5, 0.6) is 0 Å². The predicted octanol–water partition coefficient (Wildman–Crippen LogP) is 11.5. The number of aromatic carboxylic acids is 1. The molecule has 1 fully saturated rings. The van der Waals surface area contributed by atoms with Crippen LogP contribution in [0.3, 0.4) is 0 Å². The molecule has 2 unspecified atom stereocenters. The molecule has 1 aliphatic rings. The number of aliphatic hydroxyl groups is 2. The molecule has 9 aromatic rings. The molecule has 0 spiro atoms. The first-order chi connectivity index (χ1) is 38.6. The summed E-state index contributed by atoms with van der Waals surface area (Å²) in [6.07, 6.45) is -1.78. The summed E-state index contributed by atoms with van der Waals surface area (Å²) in [5, 5.41) is 38.6. The Hall–Kier alpha value is -4.59. The van der Waals surface area contributed by atoms with Gasteiger partial charge in [-0.05, 0) is 188 Å². The second-order valence-corrected chi connectivity index (χ2v) is 24.3. The lowest BCUT2D eigenvalue weighted by atomic mass is 9.96. The highest BCUT2D eigenvalue weighted by Crippen LogP contribution is 2.33. The molecule has 6 aromatic carbocycles.